The molecule has 3 aliphatic rings. The molecular formula is C27H34O13. The van der Waals surface area contributed by atoms with E-state index in [2.05, 4.69) is 0 Å². The van der Waals surface area contributed by atoms with Gasteiger partial charge in [-0.15, -0.1) is 0 Å². The summed E-state index contributed by atoms with van der Waals surface area (Å²) in [5, 5.41) is 61.7. The molecule has 220 valence electrons. The van der Waals surface area contributed by atoms with Crippen LogP contribution < -0.4 is 14.2 Å². The molecule has 2 aromatic rings. The topological polar surface area (TPSA) is 186 Å². The van der Waals surface area contributed by atoms with Crippen LogP contribution in [0.5, 0.6) is 28.7 Å². The van der Waals surface area contributed by atoms with E-state index in [0.717, 1.165) is 0 Å². The molecule has 0 saturated carbocycles. The van der Waals surface area contributed by atoms with Crippen molar-refractivity contribution in [2.75, 3.05) is 41.2 Å². The third kappa shape index (κ3) is 4.62. The van der Waals surface area contributed by atoms with E-state index in [1.807, 2.05) is 0 Å². The largest absolute Gasteiger partial charge is 0.504 e. The molecule has 6 N–H and O–H groups in total. The highest BCUT2D eigenvalue weighted by Gasteiger charge is 2.63. The first-order valence-corrected chi connectivity index (χ1v) is 12.7. The molecule has 3 saturated heterocycles. The van der Waals surface area contributed by atoms with Gasteiger partial charge in [0.15, 0.2) is 29.3 Å². The van der Waals surface area contributed by atoms with Crippen molar-refractivity contribution in [2.24, 2.45) is 5.92 Å². The van der Waals surface area contributed by atoms with E-state index in [4.69, 9.17) is 33.2 Å². The lowest BCUT2D eigenvalue weighted by Crippen LogP contribution is -2.61. The first-order valence-electron chi connectivity index (χ1n) is 12.7. The molecule has 13 nitrogen and oxygen atoms in total. The summed E-state index contributed by atoms with van der Waals surface area (Å²) in [6.45, 7) is -0.557. The van der Waals surface area contributed by atoms with Gasteiger partial charge >= 0.3 is 0 Å². The Hall–Kier alpha value is -2.88. The molecule has 9 atom stereocenters. The van der Waals surface area contributed by atoms with Crippen molar-refractivity contribution in [3.8, 4) is 28.7 Å². The monoisotopic (exact) mass is 566 g/mol. The van der Waals surface area contributed by atoms with Crippen molar-refractivity contribution >= 4 is 0 Å². The minimum Gasteiger partial charge on any atom is -0.504 e. The second kappa shape index (κ2) is 11.2. The van der Waals surface area contributed by atoms with Crippen molar-refractivity contribution in [2.45, 2.75) is 48.5 Å². The molecule has 2 aromatic carbocycles. The molecule has 0 radical (unpaired) electrons. The van der Waals surface area contributed by atoms with Crippen LogP contribution in [-0.2, 0) is 18.9 Å². The second-order valence-corrected chi connectivity index (χ2v) is 10.0. The Morgan fingerprint density at radius 3 is 2.12 bits per heavy atom. The summed E-state index contributed by atoms with van der Waals surface area (Å²) >= 11 is 0. The quantitative estimate of drug-likeness (QED) is 0.254. The summed E-state index contributed by atoms with van der Waals surface area (Å²) in [6.07, 6.45) is -9.01. The Morgan fingerprint density at radius 1 is 0.850 bits per heavy atom. The average Bonchev–Trinajstić information content (AvgIpc) is 3.50. The van der Waals surface area contributed by atoms with Crippen molar-refractivity contribution in [3.05, 3.63) is 41.5 Å². The van der Waals surface area contributed by atoms with Crippen LogP contribution in [0.25, 0.3) is 0 Å². The summed E-state index contributed by atoms with van der Waals surface area (Å²) in [4.78, 5) is 0. The van der Waals surface area contributed by atoms with Gasteiger partial charge in [0.05, 0.1) is 47.3 Å². The number of benzene rings is 2. The summed E-state index contributed by atoms with van der Waals surface area (Å²) < 4.78 is 40.6. The van der Waals surface area contributed by atoms with Gasteiger partial charge in [-0.2, -0.15) is 0 Å². The van der Waals surface area contributed by atoms with Crippen LogP contribution in [0, 0.1) is 5.92 Å². The number of phenols is 2. The van der Waals surface area contributed by atoms with Gasteiger partial charge in [-0.1, -0.05) is 6.07 Å². The fraction of sp³-hybridized carbons (Fsp3) is 0.556. The summed E-state index contributed by atoms with van der Waals surface area (Å²) in [5.41, 5.74) is -0.161. The Morgan fingerprint density at radius 2 is 1.50 bits per heavy atom. The zero-order valence-corrected chi connectivity index (χ0v) is 22.2. The molecule has 9 unspecified atom stereocenters. The van der Waals surface area contributed by atoms with E-state index in [-0.39, 0.29) is 42.0 Å². The number of phenolic OH excluding ortho intramolecular Hbond substituents is 2. The minimum absolute atomic E-state index is 0.0445. The van der Waals surface area contributed by atoms with Crippen LogP contribution in [-0.4, -0.2) is 108 Å². The molecule has 3 fully saturated rings. The van der Waals surface area contributed by atoms with Crippen molar-refractivity contribution in [3.63, 3.8) is 0 Å². The third-order valence-electron chi connectivity index (χ3n) is 7.89. The molecule has 0 aliphatic carbocycles. The Balaban J connectivity index is 1.57. The Kier molecular flexibility index (Phi) is 8.01. The second-order valence-electron chi connectivity index (χ2n) is 10.0. The van der Waals surface area contributed by atoms with E-state index in [1.165, 1.54) is 27.4 Å². The number of aliphatic hydroxyl groups excluding tert-OH is 4. The number of rotatable bonds is 8. The van der Waals surface area contributed by atoms with E-state index < -0.39 is 61.0 Å². The average molecular weight is 567 g/mol. The molecule has 3 heterocycles. The zero-order valence-electron chi connectivity index (χ0n) is 22.2. The number of hydrogen-bond acceptors (Lipinski definition) is 13. The van der Waals surface area contributed by atoms with Crippen LogP contribution in [0.15, 0.2) is 30.3 Å². The maximum Gasteiger partial charge on any atom is 0.200 e. The number of aromatic hydroxyl groups is 2. The number of ether oxygens (including phenoxy) is 7. The minimum atomic E-state index is -1.66. The number of fused-ring (bicyclic) bond motifs is 1. The molecule has 0 spiro atoms. The Bertz CT molecular complexity index is 1180. The van der Waals surface area contributed by atoms with E-state index in [9.17, 15) is 30.6 Å². The molecule has 0 aromatic heterocycles. The first kappa shape index (κ1) is 28.6. The highest BCUT2D eigenvalue weighted by molar-refractivity contribution is 5.54. The lowest BCUT2D eigenvalue weighted by molar-refractivity contribution is -0.334. The van der Waals surface area contributed by atoms with Gasteiger partial charge in [0.25, 0.3) is 0 Å². The molecule has 0 bridgehead atoms. The highest BCUT2D eigenvalue weighted by Crippen LogP contribution is 2.57. The summed E-state index contributed by atoms with van der Waals surface area (Å²) in [7, 11) is 4.22. The lowest BCUT2D eigenvalue weighted by atomic mass is 9.80. The number of methoxy groups -OCH3 is 3. The normalized spacial score (nSPS) is 35.4. The third-order valence-corrected chi connectivity index (χ3v) is 7.89. The lowest BCUT2D eigenvalue weighted by Gasteiger charge is -2.44. The van der Waals surface area contributed by atoms with E-state index in [0.29, 0.717) is 11.1 Å². The van der Waals surface area contributed by atoms with Crippen molar-refractivity contribution in [1.29, 1.82) is 0 Å². The molecule has 13 heteroatoms. The van der Waals surface area contributed by atoms with Crippen LogP contribution in [0.1, 0.15) is 23.3 Å². The molecule has 5 rings (SSSR count). The van der Waals surface area contributed by atoms with Crippen LogP contribution in [0.4, 0.5) is 0 Å². The van der Waals surface area contributed by atoms with Crippen molar-refractivity contribution in [1.82, 2.24) is 0 Å². The van der Waals surface area contributed by atoms with Crippen molar-refractivity contribution < 1.29 is 63.8 Å². The molecule has 3 aliphatic heterocycles. The number of hydrogen-bond donors (Lipinski definition) is 6. The van der Waals surface area contributed by atoms with Gasteiger partial charge in [0.1, 0.15) is 36.1 Å². The Labute approximate surface area is 230 Å². The molecule has 0 amide bonds. The maximum atomic E-state index is 10.8. The van der Waals surface area contributed by atoms with Gasteiger partial charge in [-0.05, 0) is 35.4 Å². The predicted molar refractivity (Wildman–Crippen MR) is 134 cm³/mol. The fourth-order valence-corrected chi connectivity index (χ4v) is 5.75. The smallest absolute Gasteiger partial charge is 0.200 e. The van der Waals surface area contributed by atoms with E-state index in [1.54, 1.807) is 24.3 Å². The van der Waals surface area contributed by atoms with Gasteiger partial charge < -0.3 is 63.8 Å². The summed E-state index contributed by atoms with van der Waals surface area (Å²) in [5.74, 6) is -0.256. The predicted octanol–water partition coefficient (Wildman–Crippen LogP) is 0.138. The standard InChI is InChI=1S/C27H34O13/c1-34-16-6-12(4-5-15(16)29)24-14-10-37-25(13-7-17(35-2)20(30)18(8-13)36-3)27(14,11-38-24)40-26-23(33)22(32)21(31)19(9-28)39-26/h4-8,14,19,21-26,28-33H,9-11H2,1-3H3. The van der Waals surface area contributed by atoms with Gasteiger partial charge in [0, 0.05) is 5.92 Å². The fourth-order valence-electron chi connectivity index (χ4n) is 5.75. The zero-order chi connectivity index (χ0) is 28.8. The SMILES string of the molecule is COc1cc(C2OCC3(OC4OC(CO)C(O)C(O)C4O)C(c4cc(OC)c(O)c(OC)c4)OCC23)ccc1O. The van der Waals surface area contributed by atoms with E-state index >= 15 is 0 Å². The first-order chi connectivity index (χ1) is 19.2. The summed E-state index contributed by atoms with van der Waals surface area (Å²) in [6, 6.07) is 7.95. The van der Waals surface area contributed by atoms with Gasteiger partial charge in [-0.25, -0.2) is 0 Å². The van der Waals surface area contributed by atoms with Gasteiger partial charge in [0.2, 0.25) is 5.75 Å². The maximum absolute atomic E-state index is 10.8. The van der Waals surface area contributed by atoms with Gasteiger partial charge in [-0.3, -0.25) is 0 Å². The van der Waals surface area contributed by atoms with Crippen LogP contribution >= 0.6 is 0 Å². The van der Waals surface area contributed by atoms with Crippen LogP contribution in [0.3, 0.4) is 0 Å². The van der Waals surface area contributed by atoms with Crippen LogP contribution in [0.2, 0.25) is 0 Å². The number of aliphatic hydroxyl groups is 4. The highest BCUT2D eigenvalue weighted by atomic mass is 16.7. The molecular weight excluding hydrogens is 532 g/mol. The molecule has 40 heavy (non-hydrogen) atoms.